The van der Waals surface area contributed by atoms with Crippen LogP contribution in [0.1, 0.15) is 76.2 Å². The number of benzene rings is 1. The topological polar surface area (TPSA) is 45.2 Å². The Labute approximate surface area is 291 Å². The molecule has 8 heteroatoms. The Morgan fingerprint density at radius 3 is 1.17 bits per heavy atom. The van der Waals surface area contributed by atoms with E-state index in [9.17, 15) is 0 Å². The van der Waals surface area contributed by atoms with Gasteiger partial charge in [0.1, 0.15) is 0 Å². The van der Waals surface area contributed by atoms with Gasteiger partial charge in [-0.2, -0.15) is 0 Å². The van der Waals surface area contributed by atoms with Crippen LogP contribution >= 0.6 is 0 Å². The third-order valence-corrected chi connectivity index (χ3v) is 10.0. The number of aromatic nitrogens is 2. The van der Waals surface area contributed by atoms with E-state index in [1.165, 1.54) is 34.2 Å². The predicted octanol–water partition coefficient (Wildman–Crippen LogP) is 6.36. The largest absolute Gasteiger partial charge is 0.370 e. The van der Waals surface area contributed by atoms with Crippen molar-refractivity contribution in [1.82, 2.24) is 29.6 Å². The fourth-order valence-corrected chi connectivity index (χ4v) is 7.27. The summed E-state index contributed by atoms with van der Waals surface area (Å²) >= 11 is 0. The third kappa shape index (κ3) is 10.7. The highest BCUT2D eigenvalue weighted by Crippen LogP contribution is 2.31. The molecule has 48 heavy (non-hydrogen) atoms. The molecule has 0 aliphatic carbocycles. The molecule has 2 aromatic heterocycles. The predicted molar refractivity (Wildman–Crippen MR) is 202 cm³/mol. The van der Waals surface area contributed by atoms with Crippen molar-refractivity contribution in [3.05, 3.63) is 83.4 Å². The average molecular weight is 655 g/mol. The molecule has 5 rings (SSSR count). The van der Waals surface area contributed by atoms with Crippen LogP contribution in [0.25, 0.3) is 0 Å². The Bertz CT molecular complexity index is 1290. The molecule has 2 aliphatic rings. The van der Waals surface area contributed by atoms with Crippen molar-refractivity contribution in [3.8, 4) is 0 Å². The van der Waals surface area contributed by atoms with Gasteiger partial charge in [-0.25, -0.2) is 0 Å². The molecule has 4 heterocycles. The monoisotopic (exact) mass is 655 g/mol. The molecule has 3 aromatic rings. The van der Waals surface area contributed by atoms with E-state index in [1.807, 2.05) is 0 Å². The van der Waals surface area contributed by atoms with Crippen molar-refractivity contribution in [2.24, 2.45) is 0 Å². The van der Waals surface area contributed by atoms with E-state index >= 15 is 0 Å². The Morgan fingerprint density at radius 1 is 0.438 bits per heavy atom. The molecule has 0 unspecified atom stereocenters. The minimum absolute atomic E-state index is 0.477. The maximum Gasteiger partial charge on any atom is 0.0604 e. The van der Waals surface area contributed by atoms with Crippen LogP contribution in [0, 0.1) is 0 Å². The van der Waals surface area contributed by atoms with Crippen molar-refractivity contribution in [2.75, 3.05) is 76.3 Å². The van der Waals surface area contributed by atoms with Gasteiger partial charge in [0.05, 0.1) is 34.2 Å². The van der Waals surface area contributed by atoms with Crippen molar-refractivity contribution >= 4 is 11.4 Å². The number of rotatable bonds is 4. The van der Waals surface area contributed by atoms with Crippen LogP contribution in [0.5, 0.6) is 0 Å². The lowest BCUT2D eigenvalue weighted by atomic mass is 10.1. The van der Waals surface area contributed by atoms with E-state index in [4.69, 9.17) is 9.97 Å². The molecule has 1 aromatic carbocycles. The zero-order valence-electron chi connectivity index (χ0n) is 30.8. The van der Waals surface area contributed by atoms with E-state index in [0.29, 0.717) is 12.1 Å². The molecule has 0 atom stereocenters. The second kappa shape index (κ2) is 18.1. The first-order valence-corrected chi connectivity index (χ1v) is 18.6. The molecular weight excluding hydrogens is 592 g/mol. The molecule has 0 amide bonds. The summed E-state index contributed by atoms with van der Waals surface area (Å²) in [6.07, 6.45) is 4.51. The molecular formula is C40H62N8. The minimum Gasteiger partial charge on any atom is -0.370 e. The highest BCUT2D eigenvalue weighted by atomic mass is 15.2. The van der Waals surface area contributed by atoms with Crippen molar-refractivity contribution < 1.29 is 0 Å². The highest BCUT2D eigenvalue weighted by Gasteiger charge is 2.20. The van der Waals surface area contributed by atoms with Gasteiger partial charge >= 0.3 is 0 Å². The van der Waals surface area contributed by atoms with Gasteiger partial charge in [0, 0.05) is 77.5 Å². The summed E-state index contributed by atoms with van der Waals surface area (Å²) in [5, 5.41) is 0. The summed E-state index contributed by atoms with van der Waals surface area (Å²) in [4.78, 5) is 25.5. The molecule has 0 N–H and O–H groups in total. The first-order valence-electron chi connectivity index (χ1n) is 18.6. The molecule has 0 fully saturated rings. The SMILES string of the molecule is CC(C)N1CCCN(c2ccccc2N2CCCN(C)Cc3cccc(n3)CN(C(C)C)CCC2)CCCN(C)Cc2cccc(n2)C1. The Balaban J connectivity index is 1.36. The number of fused-ring (bicyclic) bond motifs is 4. The van der Waals surface area contributed by atoms with Gasteiger partial charge in [-0.05, 0) is 117 Å². The number of hydrogen-bond donors (Lipinski definition) is 0. The average Bonchev–Trinajstić information content (AvgIpc) is 3.05. The smallest absolute Gasteiger partial charge is 0.0604 e. The van der Waals surface area contributed by atoms with Crippen molar-refractivity contribution in [2.45, 2.75) is 91.6 Å². The van der Waals surface area contributed by atoms with E-state index in [1.54, 1.807) is 0 Å². The first-order chi connectivity index (χ1) is 23.2. The van der Waals surface area contributed by atoms with Crippen molar-refractivity contribution in [1.29, 1.82) is 0 Å². The van der Waals surface area contributed by atoms with E-state index < -0.39 is 0 Å². The molecule has 8 nitrogen and oxygen atoms in total. The Kier molecular flexibility index (Phi) is 13.7. The van der Waals surface area contributed by atoms with Gasteiger partial charge in [-0.1, -0.05) is 24.3 Å². The summed E-state index contributed by atoms with van der Waals surface area (Å²) in [7, 11) is 4.48. The van der Waals surface area contributed by atoms with Gasteiger partial charge < -0.3 is 19.6 Å². The molecule has 0 spiro atoms. The van der Waals surface area contributed by atoms with Crippen molar-refractivity contribution in [3.63, 3.8) is 0 Å². The third-order valence-electron chi connectivity index (χ3n) is 10.0. The Morgan fingerprint density at radius 2 is 0.792 bits per heavy atom. The van der Waals surface area contributed by atoms with Gasteiger partial charge in [0.15, 0.2) is 0 Å². The van der Waals surface area contributed by atoms with E-state index in [0.717, 1.165) is 104 Å². The minimum atomic E-state index is 0.477. The molecule has 0 saturated heterocycles. The second-order valence-electron chi connectivity index (χ2n) is 14.7. The summed E-state index contributed by atoms with van der Waals surface area (Å²) in [6, 6.07) is 23.3. The van der Waals surface area contributed by atoms with Crippen LogP contribution in [0.15, 0.2) is 60.7 Å². The molecule has 0 saturated carbocycles. The molecule has 0 radical (unpaired) electrons. The highest BCUT2D eigenvalue weighted by molar-refractivity contribution is 5.71. The lowest BCUT2D eigenvalue weighted by Crippen LogP contribution is -2.37. The van der Waals surface area contributed by atoms with Crippen LogP contribution in [0.4, 0.5) is 11.4 Å². The normalized spacial score (nSPS) is 19.8. The summed E-state index contributed by atoms with van der Waals surface area (Å²) in [6.45, 7) is 21.3. The summed E-state index contributed by atoms with van der Waals surface area (Å²) in [5.74, 6) is 0. The van der Waals surface area contributed by atoms with Crippen LogP contribution in [-0.2, 0) is 26.2 Å². The second-order valence-corrected chi connectivity index (χ2v) is 14.7. The summed E-state index contributed by atoms with van der Waals surface area (Å²) in [5.41, 5.74) is 7.49. The molecule has 2 aliphatic heterocycles. The number of hydrogen-bond acceptors (Lipinski definition) is 8. The van der Waals surface area contributed by atoms with Gasteiger partial charge in [0.25, 0.3) is 0 Å². The van der Waals surface area contributed by atoms with Crippen LogP contribution in [-0.4, -0.2) is 108 Å². The maximum absolute atomic E-state index is 5.03. The van der Waals surface area contributed by atoms with Crippen LogP contribution in [0.3, 0.4) is 0 Å². The van der Waals surface area contributed by atoms with Crippen LogP contribution in [0.2, 0.25) is 0 Å². The number of pyridine rings is 2. The van der Waals surface area contributed by atoms with Gasteiger partial charge in [-0.3, -0.25) is 19.8 Å². The molecule has 4 bridgehead atoms. The lowest BCUT2D eigenvalue weighted by Gasteiger charge is -2.35. The standard InChI is InChI=1S/C40H62N8/c1-33(2)47-27-13-25-45(23-11-21-43(5)29-35-15-9-17-37(31-47)41-35)39-19-7-8-20-40(39)46-24-12-22-44(6)30-36-16-10-18-38(42-36)32-48(34(3)4)28-14-26-46/h7-10,15-20,33-34H,11-14,21-32H2,1-6H3. The van der Waals surface area contributed by atoms with E-state index in [-0.39, 0.29) is 0 Å². The summed E-state index contributed by atoms with van der Waals surface area (Å²) < 4.78 is 0. The fraction of sp³-hybridized carbons (Fsp3) is 0.600. The zero-order chi connectivity index (χ0) is 33.9. The van der Waals surface area contributed by atoms with E-state index in [2.05, 4.69) is 132 Å². The van der Waals surface area contributed by atoms with Crippen LogP contribution < -0.4 is 9.80 Å². The lowest BCUT2D eigenvalue weighted by molar-refractivity contribution is 0.207. The first kappa shape index (κ1) is 36.2. The fourth-order valence-electron chi connectivity index (χ4n) is 7.27. The molecule has 262 valence electrons. The quantitative estimate of drug-likeness (QED) is 0.322. The Hall–Kier alpha value is -3.04. The maximum atomic E-state index is 5.03. The number of para-hydroxylation sites is 2. The number of nitrogens with zero attached hydrogens (tertiary/aromatic N) is 8. The zero-order valence-corrected chi connectivity index (χ0v) is 30.8. The van der Waals surface area contributed by atoms with Gasteiger partial charge in [-0.15, -0.1) is 0 Å². The number of anilines is 2. The van der Waals surface area contributed by atoms with Gasteiger partial charge in [0.2, 0.25) is 0 Å².